The number of phenols is 1. The van der Waals surface area contributed by atoms with Crippen LogP contribution in [0.2, 0.25) is 0 Å². The Hall–Kier alpha value is -0.630. The average Bonchev–Trinajstić information content (AvgIpc) is 2.72. The SMILES string of the molecule is C.CN(C)C(=S)Cl.CN(C)C(=S)Oc1c(Br)cc(Br)cc1C=O.O=Cc1cc(Br)cc(Br)c1O. The molecule has 0 heterocycles. The fourth-order valence-corrected chi connectivity index (χ4v) is 4.31. The van der Waals surface area contributed by atoms with Crippen molar-refractivity contribution >= 4 is 122 Å². The van der Waals surface area contributed by atoms with Gasteiger partial charge in [-0.1, -0.05) is 50.9 Å². The molecule has 13 heteroatoms. The summed E-state index contributed by atoms with van der Waals surface area (Å²) in [5, 5.41) is 9.52. The molecule has 0 atom stereocenters. The third-order valence-electron chi connectivity index (χ3n) is 3.25. The third kappa shape index (κ3) is 12.9. The Kier molecular flexibility index (Phi) is 18.5. The molecule has 0 fully saturated rings. The minimum absolute atomic E-state index is 0. The van der Waals surface area contributed by atoms with E-state index < -0.39 is 0 Å². The molecule has 0 radical (unpaired) electrons. The van der Waals surface area contributed by atoms with Crippen LogP contribution >= 0.6 is 99.8 Å². The van der Waals surface area contributed by atoms with Gasteiger partial charge in [-0.3, -0.25) is 9.59 Å². The predicted molar refractivity (Wildman–Crippen MR) is 162 cm³/mol. The molecule has 0 saturated carbocycles. The van der Waals surface area contributed by atoms with E-state index in [1.54, 1.807) is 62.3 Å². The van der Waals surface area contributed by atoms with Crippen LogP contribution < -0.4 is 4.74 Å². The molecule has 0 bridgehead atoms. The number of hydrogen-bond donors (Lipinski definition) is 1. The Morgan fingerprint density at radius 2 is 1.29 bits per heavy atom. The fraction of sp³-hybridized carbons (Fsp3) is 0.238. The van der Waals surface area contributed by atoms with Crippen LogP contribution in [0.15, 0.2) is 42.2 Å². The second-order valence-electron chi connectivity index (χ2n) is 6.28. The van der Waals surface area contributed by atoms with Crippen LogP contribution in [0.1, 0.15) is 28.1 Å². The molecule has 0 aliphatic carbocycles. The number of ether oxygens (including phenoxy) is 1. The standard InChI is InChI=1S/C10H9Br2NO2S.C7H4Br2O2.C3H6ClNS.CH4/c1-13(2)10(16)15-9-6(5-14)3-7(11)4-8(9)12;8-5-1-4(3-10)7(11)6(9)2-5;1-5(2)3(4)6;/h3-5H,1-2H3;1-3,11H;1-2H3;1H4. The Balaban J connectivity index is 0. The number of aromatic hydroxyl groups is 1. The smallest absolute Gasteiger partial charge is 0.264 e. The summed E-state index contributed by atoms with van der Waals surface area (Å²) in [6, 6.07) is 6.68. The molecule has 2 aromatic carbocycles. The van der Waals surface area contributed by atoms with Crippen molar-refractivity contribution in [3.8, 4) is 11.5 Å². The minimum atomic E-state index is -0.0248. The maximum Gasteiger partial charge on any atom is 0.264 e. The van der Waals surface area contributed by atoms with Crippen molar-refractivity contribution in [3.63, 3.8) is 0 Å². The van der Waals surface area contributed by atoms with Gasteiger partial charge in [0.05, 0.1) is 20.1 Å². The summed E-state index contributed by atoms with van der Waals surface area (Å²) >= 11 is 27.7. The van der Waals surface area contributed by atoms with Crippen molar-refractivity contribution in [3.05, 3.63) is 53.3 Å². The van der Waals surface area contributed by atoms with Crippen LogP contribution in [0.3, 0.4) is 0 Å². The summed E-state index contributed by atoms with van der Waals surface area (Å²) < 4.78 is 8.57. The highest BCUT2D eigenvalue weighted by Crippen LogP contribution is 2.32. The monoisotopic (exact) mass is 782 g/mol. The lowest BCUT2D eigenvalue weighted by molar-refractivity contribution is 0.111. The third-order valence-corrected chi connectivity index (χ3v) is 6.52. The summed E-state index contributed by atoms with van der Waals surface area (Å²) in [5.74, 6) is 0.403. The summed E-state index contributed by atoms with van der Waals surface area (Å²) in [6.07, 6.45) is 1.33. The van der Waals surface area contributed by atoms with Gasteiger partial charge in [0.25, 0.3) is 5.17 Å². The quantitative estimate of drug-likeness (QED) is 0.147. The number of phenolic OH excluding ortho intramolecular Hbond substituents is 1. The van der Waals surface area contributed by atoms with E-state index in [2.05, 4.69) is 75.9 Å². The zero-order chi connectivity index (χ0) is 25.9. The van der Waals surface area contributed by atoms with E-state index in [1.165, 1.54) is 0 Å². The zero-order valence-electron chi connectivity index (χ0n) is 17.7. The van der Waals surface area contributed by atoms with E-state index >= 15 is 0 Å². The minimum Gasteiger partial charge on any atom is -0.506 e. The van der Waals surface area contributed by atoms with Gasteiger partial charge in [0.15, 0.2) is 22.8 Å². The molecule has 6 nitrogen and oxygen atoms in total. The fourth-order valence-electron chi connectivity index (χ4n) is 1.63. The number of aldehydes is 2. The number of halogens is 5. The normalized spacial score (nSPS) is 9.09. The molecule has 0 aromatic heterocycles. The number of benzene rings is 2. The van der Waals surface area contributed by atoms with E-state index in [0.29, 0.717) is 36.2 Å². The first-order valence-electron chi connectivity index (χ1n) is 8.58. The lowest BCUT2D eigenvalue weighted by atomic mass is 10.2. The largest absolute Gasteiger partial charge is 0.506 e. The van der Waals surface area contributed by atoms with Gasteiger partial charge in [-0.15, -0.1) is 0 Å². The molecule has 0 aliphatic rings. The molecule has 2 aromatic rings. The van der Waals surface area contributed by atoms with E-state index in [4.69, 9.17) is 28.6 Å². The first-order chi connectivity index (χ1) is 15.2. The van der Waals surface area contributed by atoms with Gasteiger partial charge in [0.2, 0.25) is 0 Å². The predicted octanol–water partition coefficient (Wildman–Crippen LogP) is 7.69. The second kappa shape index (κ2) is 17.7. The van der Waals surface area contributed by atoms with E-state index in [9.17, 15) is 14.7 Å². The van der Waals surface area contributed by atoms with E-state index in [1.807, 2.05) is 0 Å². The topological polar surface area (TPSA) is 70.1 Å². The van der Waals surface area contributed by atoms with Crippen molar-refractivity contribution in [2.24, 2.45) is 0 Å². The molecule has 1 N–H and O–H groups in total. The van der Waals surface area contributed by atoms with Crippen LogP contribution in [-0.4, -0.2) is 65.3 Å². The highest BCUT2D eigenvalue weighted by Gasteiger charge is 2.13. The molecule has 0 amide bonds. The van der Waals surface area contributed by atoms with Crippen molar-refractivity contribution in [2.45, 2.75) is 7.43 Å². The van der Waals surface area contributed by atoms with Gasteiger partial charge in [0, 0.05) is 37.1 Å². The van der Waals surface area contributed by atoms with Gasteiger partial charge in [-0.2, -0.15) is 0 Å². The number of nitrogens with zero attached hydrogens (tertiary/aromatic N) is 2. The zero-order valence-corrected chi connectivity index (χ0v) is 26.5. The Morgan fingerprint density at radius 1 is 0.882 bits per heavy atom. The summed E-state index contributed by atoms with van der Waals surface area (Å²) in [6.45, 7) is 0. The molecule has 2 rings (SSSR count). The number of thiocarbonyl (C=S) groups is 2. The average molecular weight is 787 g/mol. The van der Waals surface area contributed by atoms with Crippen LogP contribution in [0.25, 0.3) is 0 Å². The second-order valence-corrected chi connectivity index (χ2v) is 11.1. The molecular weight excluding hydrogens is 763 g/mol. The van der Waals surface area contributed by atoms with Gasteiger partial charge in [-0.05, 0) is 80.6 Å². The molecule has 188 valence electrons. The molecule has 0 unspecified atom stereocenters. The Morgan fingerprint density at radius 3 is 1.68 bits per heavy atom. The van der Waals surface area contributed by atoms with Crippen molar-refractivity contribution in [1.82, 2.24) is 9.80 Å². The first-order valence-corrected chi connectivity index (χ1v) is 12.9. The number of hydrogen-bond acceptors (Lipinski definition) is 6. The highest BCUT2D eigenvalue weighted by atomic mass is 79.9. The lowest BCUT2D eigenvalue weighted by Crippen LogP contribution is -2.25. The van der Waals surface area contributed by atoms with Gasteiger partial charge < -0.3 is 19.6 Å². The van der Waals surface area contributed by atoms with Crippen LogP contribution in [0.5, 0.6) is 11.5 Å². The maximum absolute atomic E-state index is 10.9. The van der Waals surface area contributed by atoms with Crippen LogP contribution in [0.4, 0.5) is 0 Å². The van der Waals surface area contributed by atoms with Crippen LogP contribution in [-0.2, 0) is 0 Å². The molecular formula is C21H23Br4ClN2O4S2. The summed E-state index contributed by atoms with van der Waals surface area (Å²) in [5.41, 5.74) is 0.705. The maximum atomic E-state index is 10.9. The Labute approximate surface area is 249 Å². The number of rotatable bonds is 3. The van der Waals surface area contributed by atoms with Crippen molar-refractivity contribution < 1.29 is 19.4 Å². The molecule has 0 saturated heterocycles. The van der Waals surface area contributed by atoms with Gasteiger partial charge in [0.1, 0.15) is 5.75 Å². The lowest BCUT2D eigenvalue weighted by Gasteiger charge is -2.16. The first kappa shape index (κ1) is 35.5. The molecule has 0 aliphatic heterocycles. The van der Waals surface area contributed by atoms with Gasteiger partial charge >= 0.3 is 0 Å². The van der Waals surface area contributed by atoms with Crippen molar-refractivity contribution in [1.29, 1.82) is 0 Å². The summed E-state index contributed by atoms with van der Waals surface area (Å²) in [4.78, 5) is 24.5. The summed E-state index contributed by atoms with van der Waals surface area (Å²) in [7, 11) is 7.15. The van der Waals surface area contributed by atoms with Crippen molar-refractivity contribution in [2.75, 3.05) is 28.2 Å². The van der Waals surface area contributed by atoms with Crippen LogP contribution in [0, 0.1) is 0 Å². The molecule has 34 heavy (non-hydrogen) atoms. The number of carbonyl (C=O) groups excluding carboxylic acids is 2. The van der Waals surface area contributed by atoms with E-state index in [0.717, 1.165) is 15.2 Å². The van der Waals surface area contributed by atoms with E-state index in [-0.39, 0.29) is 18.7 Å². The Bertz CT molecular complexity index is 1020. The van der Waals surface area contributed by atoms with Gasteiger partial charge in [-0.25, -0.2) is 0 Å². The molecule has 0 spiro atoms. The highest BCUT2D eigenvalue weighted by molar-refractivity contribution is 9.11. The number of carbonyl (C=O) groups is 2.